The van der Waals surface area contributed by atoms with Gasteiger partial charge in [0.25, 0.3) is 0 Å². The summed E-state index contributed by atoms with van der Waals surface area (Å²) in [5.74, 6) is 1.22. The number of nitrogens with one attached hydrogen (secondary N) is 2. The molecule has 1 fully saturated rings. The molecule has 0 spiro atoms. The minimum atomic E-state index is 0.324. The highest BCUT2D eigenvalue weighted by atomic mass is 16.2. The topological polar surface area (TPSA) is 60.0 Å². The molecule has 1 aliphatic rings. The number of guanidine groups is 1. The number of nitrogens with zero attached hydrogens (tertiary/aromatic N) is 3. The van der Waals surface area contributed by atoms with Crippen molar-refractivity contribution in [1.29, 1.82) is 0 Å². The SMILES string of the molecule is CCNC(=NCCCN1CCCCCC1=O)NCCCCN(CC)CC. The molecule has 1 saturated heterocycles. The minimum absolute atomic E-state index is 0.324. The molecule has 2 N–H and O–H groups in total. The van der Waals surface area contributed by atoms with Crippen molar-refractivity contribution in [2.24, 2.45) is 4.99 Å². The Hall–Kier alpha value is -1.30. The van der Waals surface area contributed by atoms with Crippen LogP contribution in [0.2, 0.25) is 0 Å². The van der Waals surface area contributed by atoms with Gasteiger partial charge in [-0.2, -0.15) is 0 Å². The van der Waals surface area contributed by atoms with Gasteiger partial charge in [-0.1, -0.05) is 20.3 Å². The zero-order chi connectivity index (χ0) is 19.0. The van der Waals surface area contributed by atoms with Crippen LogP contribution in [-0.2, 0) is 4.79 Å². The Morgan fingerprint density at radius 2 is 1.88 bits per heavy atom. The van der Waals surface area contributed by atoms with Gasteiger partial charge >= 0.3 is 0 Å². The van der Waals surface area contributed by atoms with Gasteiger partial charge in [0.15, 0.2) is 5.96 Å². The summed E-state index contributed by atoms with van der Waals surface area (Å²) in [5, 5.41) is 6.74. The summed E-state index contributed by atoms with van der Waals surface area (Å²) in [5.41, 5.74) is 0. The molecule has 0 unspecified atom stereocenters. The third-order valence-electron chi connectivity index (χ3n) is 4.96. The van der Waals surface area contributed by atoms with E-state index < -0.39 is 0 Å². The van der Waals surface area contributed by atoms with E-state index >= 15 is 0 Å². The van der Waals surface area contributed by atoms with Crippen molar-refractivity contribution in [3.05, 3.63) is 0 Å². The molecule has 0 aromatic carbocycles. The first-order chi connectivity index (χ1) is 12.7. The summed E-state index contributed by atoms with van der Waals surface area (Å²) in [4.78, 5) is 21.1. The summed E-state index contributed by atoms with van der Waals surface area (Å²) < 4.78 is 0. The average Bonchev–Trinajstić information content (AvgIpc) is 2.86. The Morgan fingerprint density at radius 1 is 1.08 bits per heavy atom. The van der Waals surface area contributed by atoms with Crippen LogP contribution in [0.1, 0.15) is 65.7 Å². The summed E-state index contributed by atoms with van der Waals surface area (Å²) in [6.45, 7) is 14.3. The van der Waals surface area contributed by atoms with Gasteiger partial charge in [0.1, 0.15) is 0 Å². The van der Waals surface area contributed by atoms with Gasteiger partial charge in [-0.25, -0.2) is 0 Å². The van der Waals surface area contributed by atoms with E-state index in [1.54, 1.807) is 0 Å². The molecule has 6 nitrogen and oxygen atoms in total. The van der Waals surface area contributed by atoms with Crippen molar-refractivity contribution in [1.82, 2.24) is 20.4 Å². The highest BCUT2D eigenvalue weighted by molar-refractivity contribution is 5.79. The largest absolute Gasteiger partial charge is 0.357 e. The zero-order valence-corrected chi connectivity index (χ0v) is 17.4. The molecule has 0 bridgehead atoms. The van der Waals surface area contributed by atoms with Crippen molar-refractivity contribution in [2.75, 3.05) is 52.4 Å². The predicted molar refractivity (Wildman–Crippen MR) is 111 cm³/mol. The second kappa shape index (κ2) is 14.8. The molecule has 0 atom stereocenters. The first-order valence-electron chi connectivity index (χ1n) is 10.7. The van der Waals surface area contributed by atoms with Crippen molar-refractivity contribution in [2.45, 2.75) is 65.7 Å². The van der Waals surface area contributed by atoms with Crippen LogP contribution in [0.4, 0.5) is 0 Å². The fraction of sp³-hybridized carbons (Fsp3) is 0.900. The molecule has 1 amide bonds. The lowest BCUT2D eigenvalue weighted by Gasteiger charge is -2.20. The number of aliphatic imine (C=N–C) groups is 1. The molecule has 0 radical (unpaired) electrons. The van der Waals surface area contributed by atoms with Gasteiger partial charge in [0.2, 0.25) is 5.91 Å². The van der Waals surface area contributed by atoms with Gasteiger partial charge in [0, 0.05) is 39.1 Å². The van der Waals surface area contributed by atoms with Gasteiger partial charge in [-0.15, -0.1) is 0 Å². The third kappa shape index (κ3) is 10.00. The van der Waals surface area contributed by atoms with E-state index in [9.17, 15) is 4.79 Å². The highest BCUT2D eigenvalue weighted by Gasteiger charge is 2.15. The van der Waals surface area contributed by atoms with Crippen LogP contribution in [0.5, 0.6) is 0 Å². The van der Waals surface area contributed by atoms with Crippen LogP contribution < -0.4 is 10.6 Å². The van der Waals surface area contributed by atoms with Gasteiger partial charge in [-0.05, 0) is 58.7 Å². The molecule has 152 valence electrons. The van der Waals surface area contributed by atoms with E-state index in [-0.39, 0.29) is 0 Å². The van der Waals surface area contributed by atoms with E-state index in [1.165, 1.54) is 19.4 Å². The van der Waals surface area contributed by atoms with Crippen molar-refractivity contribution < 1.29 is 4.79 Å². The minimum Gasteiger partial charge on any atom is -0.357 e. The Balaban J connectivity index is 2.22. The standard InChI is InChI=1S/C20H41N5O/c1-4-21-20(22-14-9-11-16-24(5-2)6-3)23-15-12-18-25-17-10-7-8-13-19(25)26/h4-18H2,1-3H3,(H2,21,22,23). The van der Waals surface area contributed by atoms with E-state index in [4.69, 9.17) is 0 Å². The van der Waals surface area contributed by atoms with Crippen LogP contribution in [0.3, 0.4) is 0 Å². The van der Waals surface area contributed by atoms with Crippen LogP contribution >= 0.6 is 0 Å². The number of hydrogen-bond donors (Lipinski definition) is 2. The van der Waals surface area contributed by atoms with Crippen LogP contribution in [0.25, 0.3) is 0 Å². The number of likely N-dealkylation sites (tertiary alicyclic amines) is 1. The maximum Gasteiger partial charge on any atom is 0.222 e. The zero-order valence-electron chi connectivity index (χ0n) is 17.4. The van der Waals surface area contributed by atoms with Crippen molar-refractivity contribution >= 4 is 11.9 Å². The molecule has 26 heavy (non-hydrogen) atoms. The molecule has 1 rings (SSSR count). The quantitative estimate of drug-likeness (QED) is 0.316. The average molecular weight is 368 g/mol. The van der Waals surface area contributed by atoms with Gasteiger partial charge in [0.05, 0.1) is 0 Å². The molecular formula is C20H41N5O. The number of carbonyl (C=O) groups excluding carboxylic acids is 1. The Labute approximate surface area is 160 Å². The Morgan fingerprint density at radius 3 is 2.62 bits per heavy atom. The third-order valence-corrected chi connectivity index (χ3v) is 4.96. The van der Waals surface area contributed by atoms with Crippen LogP contribution in [0.15, 0.2) is 4.99 Å². The molecule has 1 aliphatic heterocycles. The lowest BCUT2D eigenvalue weighted by molar-refractivity contribution is -0.130. The second-order valence-corrected chi connectivity index (χ2v) is 6.97. The molecular weight excluding hydrogens is 326 g/mol. The first-order valence-corrected chi connectivity index (χ1v) is 10.7. The summed E-state index contributed by atoms with van der Waals surface area (Å²) in [6.07, 6.45) is 7.41. The Kier molecular flexibility index (Phi) is 13.0. The van der Waals surface area contributed by atoms with Gasteiger partial charge < -0.3 is 20.4 Å². The predicted octanol–water partition coefficient (Wildman–Crippen LogP) is 2.46. The lowest BCUT2D eigenvalue weighted by atomic mass is 10.2. The number of unbranched alkanes of at least 4 members (excludes halogenated alkanes) is 1. The lowest BCUT2D eigenvalue weighted by Crippen LogP contribution is -2.38. The van der Waals surface area contributed by atoms with Crippen LogP contribution in [0, 0.1) is 0 Å². The smallest absolute Gasteiger partial charge is 0.222 e. The number of amides is 1. The van der Waals surface area contributed by atoms with E-state index in [2.05, 4.69) is 41.3 Å². The highest BCUT2D eigenvalue weighted by Crippen LogP contribution is 2.11. The molecule has 6 heteroatoms. The molecule has 0 aromatic heterocycles. The second-order valence-electron chi connectivity index (χ2n) is 6.97. The monoisotopic (exact) mass is 367 g/mol. The van der Waals surface area contributed by atoms with Crippen molar-refractivity contribution in [3.8, 4) is 0 Å². The van der Waals surface area contributed by atoms with Gasteiger partial charge in [-0.3, -0.25) is 9.79 Å². The maximum atomic E-state index is 12.0. The fourth-order valence-corrected chi connectivity index (χ4v) is 3.28. The maximum absolute atomic E-state index is 12.0. The molecule has 1 heterocycles. The summed E-state index contributed by atoms with van der Waals surface area (Å²) >= 11 is 0. The Bertz CT molecular complexity index is 396. The first kappa shape index (κ1) is 22.7. The van der Waals surface area contributed by atoms with Crippen LogP contribution in [-0.4, -0.2) is 74.0 Å². The normalized spacial score (nSPS) is 16.1. The molecule has 0 aliphatic carbocycles. The molecule has 0 aromatic rings. The fourth-order valence-electron chi connectivity index (χ4n) is 3.28. The molecule has 0 saturated carbocycles. The number of carbonyl (C=O) groups is 1. The number of rotatable bonds is 12. The van der Waals surface area contributed by atoms with E-state index in [1.807, 2.05) is 4.90 Å². The van der Waals surface area contributed by atoms with Crippen molar-refractivity contribution in [3.63, 3.8) is 0 Å². The summed E-state index contributed by atoms with van der Waals surface area (Å²) in [7, 11) is 0. The number of hydrogen-bond acceptors (Lipinski definition) is 3. The van der Waals surface area contributed by atoms with E-state index in [0.717, 1.165) is 83.9 Å². The summed E-state index contributed by atoms with van der Waals surface area (Å²) in [6, 6.07) is 0. The van der Waals surface area contributed by atoms with E-state index in [0.29, 0.717) is 5.91 Å².